The first-order chi connectivity index (χ1) is 9.52. The van der Waals surface area contributed by atoms with Gasteiger partial charge in [0, 0.05) is 23.2 Å². The van der Waals surface area contributed by atoms with Gasteiger partial charge in [0.25, 0.3) is 0 Å². The molecule has 0 aliphatic heterocycles. The number of hydrogen-bond donors (Lipinski definition) is 1. The topological polar surface area (TPSA) is 21.3 Å². The van der Waals surface area contributed by atoms with Crippen molar-refractivity contribution in [1.82, 2.24) is 0 Å². The fourth-order valence-corrected chi connectivity index (χ4v) is 2.10. The maximum Gasteiger partial charge on any atom is 0.146 e. The quantitative estimate of drug-likeness (QED) is 0.894. The average Bonchev–Trinajstić information content (AvgIpc) is 2.42. The molecule has 0 saturated heterocycles. The molecule has 0 amide bonds. The highest BCUT2D eigenvalue weighted by Crippen LogP contribution is 2.28. The van der Waals surface area contributed by atoms with Crippen molar-refractivity contribution < 1.29 is 13.5 Å². The highest BCUT2D eigenvalue weighted by atomic mass is 35.5. The molecule has 2 aromatic rings. The summed E-state index contributed by atoms with van der Waals surface area (Å²) in [6.07, 6.45) is 0. The van der Waals surface area contributed by atoms with Crippen molar-refractivity contribution in [3.05, 3.63) is 58.1 Å². The number of ether oxygens (including phenoxy) is 1. The van der Waals surface area contributed by atoms with Gasteiger partial charge < -0.3 is 10.1 Å². The van der Waals surface area contributed by atoms with Gasteiger partial charge in [-0.05, 0) is 30.7 Å². The molecular weight excluding hydrogens is 284 g/mol. The van der Waals surface area contributed by atoms with Crippen molar-refractivity contribution in [3.8, 4) is 5.75 Å². The standard InChI is InChI=1S/C15H14ClF2NO/c1-9-6-13(18)14(7-12(9)17)19-8-10-11(16)4-3-5-15(10)20-2/h3-7,19H,8H2,1-2H3. The Bertz CT molecular complexity index is 632. The predicted octanol–water partition coefficient (Wildman–Crippen LogP) is 4.55. The maximum atomic E-state index is 13.7. The van der Waals surface area contributed by atoms with Crippen molar-refractivity contribution in [2.45, 2.75) is 13.5 Å². The number of aryl methyl sites for hydroxylation is 1. The second kappa shape index (κ2) is 6.09. The molecule has 1 N–H and O–H groups in total. The smallest absolute Gasteiger partial charge is 0.146 e. The van der Waals surface area contributed by atoms with Crippen molar-refractivity contribution in [1.29, 1.82) is 0 Å². The van der Waals surface area contributed by atoms with E-state index < -0.39 is 11.6 Å². The lowest BCUT2D eigenvalue weighted by Crippen LogP contribution is -2.05. The van der Waals surface area contributed by atoms with E-state index in [1.54, 1.807) is 18.2 Å². The van der Waals surface area contributed by atoms with E-state index in [4.69, 9.17) is 16.3 Å². The zero-order valence-electron chi connectivity index (χ0n) is 11.1. The molecule has 106 valence electrons. The monoisotopic (exact) mass is 297 g/mol. The lowest BCUT2D eigenvalue weighted by molar-refractivity contribution is 0.410. The summed E-state index contributed by atoms with van der Waals surface area (Å²) in [5, 5.41) is 3.34. The molecule has 0 radical (unpaired) electrons. The molecule has 0 fully saturated rings. The normalized spacial score (nSPS) is 10.4. The van der Waals surface area contributed by atoms with Crippen molar-refractivity contribution in [3.63, 3.8) is 0 Å². The zero-order chi connectivity index (χ0) is 14.7. The van der Waals surface area contributed by atoms with Gasteiger partial charge >= 0.3 is 0 Å². The van der Waals surface area contributed by atoms with Crippen molar-refractivity contribution >= 4 is 17.3 Å². The summed E-state index contributed by atoms with van der Waals surface area (Å²) in [6.45, 7) is 1.75. The largest absolute Gasteiger partial charge is 0.496 e. The molecule has 0 heterocycles. The minimum absolute atomic E-state index is 0.0927. The van der Waals surface area contributed by atoms with Crippen LogP contribution in [0, 0.1) is 18.6 Å². The van der Waals surface area contributed by atoms with Gasteiger partial charge in [-0.15, -0.1) is 0 Å². The number of methoxy groups -OCH3 is 1. The van der Waals surface area contributed by atoms with Gasteiger partial charge in [-0.25, -0.2) is 8.78 Å². The minimum Gasteiger partial charge on any atom is -0.496 e. The molecule has 0 unspecified atom stereocenters. The third-order valence-electron chi connectivity index (χ3n) is 3.00. The third kappa shape index (κ3) is 3.02. The minimum atomic E-state index is -0.505. The number of halogens is 3. The molecule has 20 heavy (non-hydrogen) atoms. The van der Waals surface area contributed by atoms with Gasteiger partial charge in [0.05, 0.1) is 12.8 Å². The summed E-state index contributed by atoms with van der Waals surface area (Å²) in [6, 6.07) is 7.52. The first-order valence-corrected chi connectivity index (χ1v) is 6.41. The van der Waals surface area contributed by atoms with Crippen LogP contribution in [0.1, 0.15) is 11.1 Å². The van der Waals surface area contributed by atoms with Gasteiger partial charge in [0.2, 0.25) is 0 Å². The summed E-state index contributed by atoms with van der Waals surface area (Å²) < 4.78 is 32.4. The van der Waals surface area contributed by atoms with Gasteiger partial charge in [0.1, 0.15) is 17.4 Å². The summed E-state index contributed by atoms with van der Waals surface area (Å²) in [5.41, 5.74) is 1.05. The highest BCUT2D eigenvalue weighted by Gasteiger charge is 2.10. The molecule has 0 aliphatic rings. The van der Waals surface area contributed by atoms with Crippen molar-refractivity contribution in [2.24, 2.45) is 0 Å². The van der Waals surface area contributed by atoms with Gasteiger partial charge in [-0.1, -0.05) is 17.7 Å². The Balaban J connectivity index is 2.23. The number of rotatable bonds is 4. The molecule has 0 aliphatic carbocycles. The molecule has 2 rings (SSSR count). The highest BCUT2D eigenvalue weighted by molar-refractivity contribution is 6.31. The number of nitrogens with one attached hydrogen (secondary N) is 1. The Morgan fingerprint density at radius 2 is 1.95 bits per heavy atom. The lowest BCUT2D eigenvalue weighted by Gasteiger charge is -2.13. The molecule has 0 atom stereocenters. The second-order valence-electron chi connectivity index (χ2n) is 4.36. The Labute approximate surface area is 121 Å². The molecule has 0 aromatic heterocycles. The third-order valence-corrected chi connectivity index (χ3v) is 3.35. The van der Waals surface area contributed by atoms with Crippen LogP contribution in [0.25, 0.3) is 0 Å². The summed E-state index contributed by atoms with van der Waals surface area (Å²) in [4.78, 5) is 0. The molecule has 5 heteroatoms. The van der Waals surface area contributed by atoms with Gasteiger partial charge in [-0.3, -0.25) is 0 Å². The number of benzene rings is 2. The van der Waals surface area contributed by atoms with E-state index in [1.807, 2.05) is 0 Å². The predicted molar refractivity (Wildman–Crippen MR) is 76.4 cm³/mol. The summed E-state index contributed by atoms with van der Waals surface area (Å²) in [7, 11) is 1.53. The van der Waals surface area contributed by atoms with Crippen molar-refractivity contribution in [2.75, 3.05) is 12.4 Å². The maximum absolute atomic E-state index is 13.7. The van der Waals surface area contributed by atoms with Crippen LogP contribution in [-0.2, 0) is 6.54 Å². The van der Waals surface area contributed by atoms with Crippen LogP contribution in [0.2, 0.25) is 5.02 Å². The fourth-order valence-electron chi connectivity index (χ4n) is 1.87. The van der Waals surface area contributed by atoms with Crippen LogP contribution < -0.4 is 10.1 Å². The van der Waals surface area contributed by atoms with E-state index in [9.17, 15) is 8.78 Å². The fraction of sp³-hybridized carbons (Fsp3) is 0.200. The van der Waals surface area contributed by atoms with E-state index >= 15 is 0 Å². The van der Waals surface area contributed by atoms with E-state index in [0.717, 1.165) is 12.1 Å². The molecule has 2 aromatic carbocycles. The SMILES string of the molecule is COc1cccc(Cl)c1CNc1cc(F)c(C)cc1F. The van der Waals surface area contributed by atoms with Crippen LogP contribution in [0.15, 0.2) is 30.3 Å². The summed E-state index contributed by atoms with van der Waals surface area (Å²) >= 11 is 6.08. The van der Waals surface area contributed by atoms with Crippen LogP contribution in [0.4, 0.5) is 14.5 Å². The average molecular weight is 298 g/mol. The molecule has 2 nitrogen and oxygen atoms in total. The molecule has 0 saturated carbocycles. The van der Waals surface area contributed by atoms with Crippen LogP contribution in [0.5, 0.6) is 5.75 Å². The van der Waals surface area contributed by atoms with Crippen LogP contribution >= 0.6 is 11.6 Å². The Morgan fingerprint density at radius 3 is 2.65 bits per heavy atom. The Hall–Kier alpha value is -1.81. The van der Waals surface area contributed by atoms with E-state index in [-0.39, 0.29) is 17.8 Å². The van der Waals surface area contributed by atoms with E-state index in [0.29, 0.717) is 16.3 Å². The first-order valence-electron chi connectivity index (χ1n) is 6.04. The van der Waals surface area contributed by atoms with Gasteiger partial charge in [-0.2, -0.15) is 0 Å². The molecule has 0 spiro atoms. The lowest BCUT2D eigenvalue weighted by atomic mass is 10.1. The molecule has 0 bridgehead atoms. The summed E-state index contributed by atoms with van der Waals surface area (Å²) in [5.74, 6) is -0.368. The Kier molecular flexibility index (Phi) is 4.45. The van der Waals surface area contributed by atoms with Gasteiger partial charge in [0.15, 0.2) is 0 Å². The molecular formula is C15H14ClF2NO. The zero-order valence-corrected chi connectivity index (χ0v) is 11.9. The number of anilines is 1. The van der Waals surface area contributed by atoms with Crippen LogP contribution in [0.3, 0.4) is 0 Å². The van der Waals surface area contributed by atoms with Crippen LogP contribution in [-0.4, -0.2) is 7.11 Å². The van der Waals surface area contributed by atoms with E-state index in [1.165, 1.54) is 14.0 Å². The second-order valence-corrected chi connectivity index (χ2v) is 4.76. The Morgan fingerprint density at radius 1 is 1.20 bits per heavy atom. The van der Waals surface area contributed by atoms with E-state index in [2.05, 4.69) is 5.32 Å². The number of hydrogen-bond acceptors (Lipinski definition) is 2. The first kappa shape index (κ1) is 14.6.